The minimum atomic E-state index is -1.26. The Morgan fingerprint density at radius 3 is 2.43 bits per heavy atom. The summed E-state index contributed by atoms with van der Waals surface area (Å²) < 4.78 is 24.7. The van der Waals surface area contributed by atoms with E-state index in [9.17, 15) is 14.0 Å². The Hall–Kier alpha value is -4.11. The van der Waals surface area contributed by atoms with Crippen LogP contribution in [0.1, 0.15) is 5.56 Å². The monoisotopic (exact) mass is 480 g/mol. The van der Waals surface area contributed by atoms with E-state index in [0.29, 0.717) is 12.2 Å². The molecule has 9 heteroatoms. The fourth-order valence-electron chi connectivity index (χ4n) is 4.11. The van der Waals surface area contributed by atoms with Crippen molar-refractivity contribution in [2.75, 3.05) is 37.6 Å². The van der Waals surface area contributed by atoms with Gasteiger partial charge in [-0.2, -0.15) is 0 Å². The minimum absolute atomic E-state index is 0.217. The summed E-state index contributed by atoms with van der Waals surface area (Å²) in [6, 6.07) is 13.0. The summed E-state index contributed by atoms with van der Waals surface area (Å²) in [5.74, 6) is -2.73. The van der Waals surface area contributed by atoms with Gasteiger partial charge >= 0.3 is 11.9 Å². The zero-order valence-corrected chi connectivity index (χ0v) is 18.9. The van der Waals surface area contributed by atoms with Crippen LogP contribution in [-0.2, 0) is 16.0 Å². The number of halogens is 1. The number of carboxylic acid groups (broad SMARTS) is 2. The quantitative estimate of drug-likeness (QED) is 0.391. The maximum absolute atomic E-state index is 13.5. The molecule has 2 aromatic heterocycles. The van der Waals surface area contributed by atoms with Gasteiger partial charge in [-0.15, -0.1) is 0 Å². The number of rotatable bonds is 6. The van der Waals surface area contributed by atoms with Crippen LogP contribution in [0.5, 0.6) is 0 Å². The van der Waals surface area contributed by atoms with Crippen LogP contribution in [-0.4, -0.2) is 59.8 Å². The Kier molecular flexibility index (Phi) is 7.47. The second-order valence-electron chi connectivity index (χ2n) is 8.11. The lowest BCUT2D eigenvalue weighted by molar-refractivity contribution is -0.134. The predicted molar refractivity (Wildman–Crippen MR) is 129 cm³/mol. The number of carbonyl (C=O) groups is 2. The van der Waals surface area contributed by atoms with Crippen LogP contribution < -0.4 is 4.90 Å². The smallest absolute Gasteiger partial charge is 0.328 e. The van der Waals surface area contributed by atoms with E-state index in [1.54, 1.807) is 24.7 Å². The molecule has 2 aromatic carbocycles. The van der Waals surface area contributed by atoms with E-state index in [4.69, 9.17) is 19.0 Å². The number of para-hydroxylation sites is 1. The molecule has 8 nitrogen and oxygen atoms in total. The summed E-state index contributed by atoms with van der Waals surface area (Å²) in [5, 5.41) is 17.7. The highest BCUT2D eigenvalue weighted by molar-refractivity contribution is 5.90. The average Bonchev–Trinajstić information content (AvgIpc) is 3.49. The Labute approximate surface area is 200 Å². The molecule has 2 N–H and O–H groups in total. The highest BCUT2D eigenvalue weighted by atomic mass is 19.1. The molecule has 0 amide bonds. The summed E-state index contributed by atoms with van der Waals surface area (Å²) in [4.78, 5) is 24.0. The molecule has 0 radical (unpaired) electrons. The van der Waals surface area contributed by atoms with Crippen LogP contribution in [0.15, 0.2) is 76.0 Å². The Bertz CT molecular complexity index is 1330. The third-order valence-electron chi connectivity index (χ3n) is 5.85. The van der Waals surface area contributed by atoms with Crippen molar-refractivity contribution in [1.82, 2.24) is 4.90 Å². The minimum Gasteiger partial charge on any atom is -0.478 e. The van der Waals surface area contributed by atoms with E-state index in [0.717, 1.165) is 66.6 Å². The molecule has 182 valence electrons. The Morgan fingerprint density at radius 1 is 0.971 bits per heavy atom. The number of hydrogen-bond acceptors (Lipinski definition) is 6. The van der Waals surface area contributed by atoms with E-state index in [1.165, 1.54) is 11.8 Å². The number of piperazine rings is 1. The fraction of sp³-hybridized carbons (Fsp3) is 0.231. The van der Waals surface area contributed by atoms with Crippen molar-refractivity contribution in [2.24, 2.45) is 0 Å². The van der Waals surface area contributed by atoms with E-state index in [2.05, 4.69) is 28.0 Å². The third-order valence-corrected chi connectivity index (χ3v) is 5.85. The van der Waals surface area contributed by atoms with Gasteiger partial charge in [-0.05, 0) is 42.3 Å². The molecule has 1 fully saturated rings. The molecular formula is C26H25FN2O6. The first-order chi connectivity index (χ1) is 16.9. The molecule has 1 aliphatic heterocycles. The standard InChI is InChI=1S/C22H21FN2O2.C4H4O4/c23-18-4-5-21-19(14-18)17(15-27-21)6-8-24-9-11-25(12-10-24)20-3-1-2-16-7-13-26-22(16)20;5-3(6)1-2-4(7)8/h1-5,7,13-15H,6,8-12H2;1-2H,(H,5,6)(H,7,8)/b;2-1+. The maximum Gasteiger partial charge on any atom is 0.328 e. The van der Waals surface area contributed by atoms with Crippen molar-refractivity contribution in [3.05, 3.63) is 78.5 Å². The van der Waals surface area contributed by atoms with Gasteiger partial charge in [0.25, 0.3) is 0 Å². The van der Waals surface area contributed by atoms with Gasteiger partial charge in [0.1, 0.15) is 11.4 Å². The van der Waals surface area contributed by atoms with Crippen molar-refractivity contribution >= 4 is 39.6 Å². The van der Waals surface area contributed by atoms with E-state index in [1.807, 2.05) is 6.07 Å². The molecule has 0 aliphatic carbocycles. The first kappa shape index (κ1) is 24.0. The van der Waals surface area contributed by atoms with Gasteiger partial charge in [-0.1, -0.05) is 12.1 Å². The number of benzene rings is 2. The van der Waals surface area contributed by atoms with Gasteiger partial charge in [0.05, 0.1) is 18.2 Å². The summed E-state index contributed by atoms with van der Waals surface area (Å²) in [6.45, 7) is 4.90. The highest BCUT2D eigenvalue weighted by Gasteiger charge is 2.20. The summed E-state index contributed by atoms with van der Waals surface area (Å²) in [5.41, 5.74) is 3.97. The lowest BCUT2D eigenvalue weighted by Gasteiger charge is -2.36. The maximum atomic E-state index is 13.5. The van der Waals surface area contributed by atoms with Gasteiger partial charge in [0.2, 0.25) is 0 Å². The Morgan fingerprint density at radius 2 is 1.71 bits per heavy atom. The molecule has 1 aliphatic rings. The van der Waals surface area contributed by atoms with Crippen molar-refractivity contribution < 1.29 is 33.0 Å². The van der Waals surface area contributed by atoms with E-state index in [-0.39, 0.29) is 5.82 Å². The average molecular weight is 480 g/mol. The molecule has 0 unspecified atom stereocenters. The number of anilines is 1. The molecule has 35 heavy (non-hydrogen) atoms. The summed E-state index contributed by atoms with van der Waals surface area (Å²) >= 11 is 0. The third kappa shape index (κ3) is 6.07. The zero-order valence-electron chi connectivity index (χ0n) is 18.9. The number of carboxylic acids is 2. The predicted octanol–water partition coefficient (Wildman–Crippen LogP) is 4.39. The first-order valence-corrected chi connectivity index (χ1v) is 11.1. The number of nitrogens with zero attached hydrogens (tertiary/aromatic N) is 2. The SMILES string of the molecule is Fc1ccc2occ(CCN3CCN(c4cccc5ccoc45)CC3)c2c1.O=C(O)/C=C/C(=O)O. The van der Waals surface area contributed by atoms with E-state index < -0.39 is 11.9 Å². The van der Waals surface area contributed by atoms with Crippen LogP contribution in [0, 0.1) is 5.82 Å². The summed E-state index contributed by atoms with van der Waals surface area (Å²) in [6.07, 6.45) is 5.50. The Balaban J connectivity index is 0.000000314. The fourth-order valence-corrected chi connectivity index (χ4v) is 4.11. The highest BCUT2D eigenvalue weighted by Crippen LogP contribution is 2.28. The van der Waals surface area contributed by atoms with Crippen LogP contribution >= 0.6 is 0 Å². The lowest BCUT2D eigenvalue weighted by Crippen LogP contribution is -2.47. The second kappa shape index (κ2) is 10.9. The van der Waals surface area contributed by atoms with Crippen molar-refractivity contribution in [3.63, 3.8) is 0 Å². The molecule has 3 heterocycles. The van der Waals surface area contributed by atoms with E-state index >= 15 is 0 Å². The molecule has 1 saturated heterocycles. The molecule has 0 bridgehead atoms. The van der Waals surface area contributed by atoms with Crippen molar-refractivity contribution in [2.45, 2.75) is 6.42 Å². The molecule has 0 spiro atoms. The van der Waals surface area contributed by atoms with Gasteiger partial charge < -0.3 is 23.9 Å². The normalized spacial score (nSPS) is 14.4. The lowest BCUT2D eigenvalue weighted by atomic mass is 10.1. The number of furan rings is 2. The largest absolute Gasteiger partial charge is 0.478 e. The molecule has 0 saturated carbocycles. The van der Waals surface area contributed by atoms with Crippen molar-refractivity contribution in [1.29, 1.82) is 0 Å². The van der Waals surface area contributed by atoms with Crippen LogP contribution in [0.3, 0.4) is 0 Å². The first-order valence-electron chi connectivity index (χ1n) is 11.1. The topological polar surface area (TPSA) is 107 Å². The van der Waals surface area contributed by atoms with Gasteiger partial charge in [-0.3, -0.25) is 4.90 Å². The zero-order chi connectivity index (χ0) is 24.8. The van der Waals surface area contributed by atoms with Crippen LogP contribution in [0.4, 0.5) is 10.1 Å². The second-order valence-corrected chi connectivity index (χ2v) is 8.11. The van der Waals surface area contributed by atoms with Crippen LogP contribution in [0.2, 0.25) is 0 Å². The molecule has 4 aromatic rings. The van der Waals surface area contributed by atoms with Crippen molar-refractivity contribution in [3.8, 4) is 0 Å². The molecular weight excluding hydrogens is 455 g/mol. The molecule has 0 atom stereocenters. The van der Waals surface area contributed by atoms with Crippen LogP contribution in [0.25, 0.3) is 21.9 Å². The number of aliphatic carboxylic acids is 2. The summed E-state index contributed by atoms with van der Waals surface area (Å²) in [7, 11) is 0. The number of fused-ring (bicyclic) bond motifs is 2. The van der Waals surface area contributed by atoms with Gasteiger partial charge in [-0.25, -0.2) is 14.0 Å². The molecule has 5 rings (SSSR count). The van der Waals surface area contributed by atoms with Gasteiger partial charge in [0.15, 0.2) is 5.58 Å². The van der Waals surface area contributed by atoms with Gasteiger partial charge in [0, 0.05) is 55.6 Å². The number of hydrogen-bond donors (Lipinski definition) is 2.